The third-order valence-electron chi connectivity index (χ3n) is 2.32. The van der Waals surface area contributed by atoms with E-state index in [9.17, 15) is 9.59 Å². The minimum Gasteiger partial charge on any atom is -0.330 e. The third kappa shape index (κ3) is 2.90. The summed E-state index contributed by atoms with van der Waals surface area (Å²) in [6, 6.07) is 0. The standard InChI is InChI=1S/C9H17N3O3/c1-9(2)8(14)12(5-4-10-9)6-7(13)11-15-3/h10H,4-6H2,1-3H3,(H,11,13). The Hall–Kier alpha value is -1.14. The first kappa shape index (κ1) is 11.9. The highest BCUT2D eigenvalue weighted by Crippen LogP contribution is 2.11. The molecule has 1 rings (SSSR count). The second kappa shape index (κ2) is 4.59. The molecule has 1 aliphatic heterocycles. The maximum Gasteiger partial charge on any atom is 0.263 e. The van der Waals surface area contributed by atoms with Gasteiger partial charge in [-0.3, -0.25) is 14.4 Å². The zero-order chi connectivity index (χ0) is 11.5. The van der Waals surface area contributed by atoms with Crippen molar-refractivity contribution in [1.29, 1.82) is 0 Å². The predicted octanol–water partition coefficient (Wildman–Crippen LogP) is -1.13. The van der Waals surface area contributed by atoms with E-state index in [-0.39, 0.29) is 18.4 Å². The van der Waals surface area contributed by atoms with Gasteiger partial charge >= 0.3 is 0 Å². The minimum absolute atomic E-state index is 0.0395. The fraction of sp³-hybridized carbons (Fsp3) is 0.778. The van der Waals surface area contributed by atoms with E-state index in [4.69, 9.17) is 0 Å². The van der Waals surface area contributed by atoms with Crippen LogP contribution in [0.15, 0.2) is 0 Å². The lowest BCUT2D eigenvalue weighted by Gasteiger charge is -2.37. The van der Waals surface area contributed by atoms with Crippen LogP contribution in [0.25, 0.3) is 0 Å². The second-order valence-corrected chi connectivity index (χ2v) is 4.01. The van der Waals surface area contributed by atoms with Gasteiger partial charge in [-0.25, -0.2) is 5.48 Å². The fourth-order valence-corrected chi connectivity index (χ4v) is 1.55. The van der Waals surface area contributed by atoms with Crippen molar-refractivity contribution < 1.29 is 14.4 Å². The number of nitrogens with one attached hydrogen (secondary N) is 2. The molecule has 6 heteroatoms. The highest BCUT2D eigenvalue weighted by atomic mass is 16.6. The SMILES string of the molecule is CONC(=O)CN1CCNC(C)(C)C1=O. The first-order chi connectivity index (χ1) is 6.97. The number of hydrogen-bond donors (Lipinski definition) is 2. The van der Waals surface area contributed by atoms with Crippen molar-refractivity contribution in [2.45, 2.75) is 19.4 Å². The Labute approximate surface area is 88.9 Å². The number of carbonyl (C=O) groups is 2. The molecule has 1 heterocycles. The summed E-state index contributed by atoms with van der Waals surface area (Å²) in [4.78, 5) is 29.0. The van der Waals surface area contributed by atoms with Crippen LogP contribution >= 0.6 is 0 Å². The molecule has 0 aromatic heterocycles. The van der Waals surface area contributed by atoms with Gasteiger partial charge in [-0.05, 0) is 13.8 Å². The van der Waals surface area contributed by atoms with Gasteiger partial charge in [0.05, 0.1) is 12.6 Å². The lowest BCUT2D eigenvalue weighted by molar-refractivity contribution is -0.145. The molecule has 0 bridgehead atoms. The van der Waals surface area contributed by atoms with Crippen molar-refractivity contribution in [2.75, 3.05) is 26.7 Å². The number of hydrogen-bond acceptors (Lipinski definition) is 4. The lowest BCUT2D eigenvalue weighted by atomic mass is 10.0. The molecule has 86 valence electrons. The van der Waals surface area contributed by atoms with Crippen molar-refractivity contribution in [1.82, 2.24) is 15.7 Å². The smallest absolute Gasteiger partial charge is 0.263 e. The van der Waals surface area contributed by atoms with Gasteiger partial charge in [0.15, 0.2) is 0 Å². The van der Waals surface area contributed by atoms with E-state index in [0.29, 0.717) is 13.1 Å². The van der Waals surface area contributed by atoms with Gasteiger partial charge in [-0.15, -0.1) is 0 Å². The molecule has 0 spiro atoms. The van der Waals surface area contributed by atoms with Crippen molar-refractivity contribution in [3.63, 3.8) is 0 Å². The van der Waals surface area contributed by atoms with Crippen LogP contribution in [-0.2, 0) is 14.4 Å². The average molecular weight is 215 g/mol. The van der Waals surface area contributed by atoms with Gasteiger partial charge in [0.1, 0.15) is 6.54 Å². The van der Waals surface area contributed by atoms with E-state index in [2.05, 4.69) is 15.6 Å². The largest absolute Gasteiger partial charge is 0.330 e. The lowest BCUT2D eigenvalue weighted by Crippen LogP contribution is -2.62. The van der Waals surface area contributed by atoms with E-state index in [1.807, 2.05) is 0 Å². The van der Waals surface area contributed by atoms with Gasteiger partial charge in [-0.1, -0.05) is 0 Å². The first-order valence-electron chi connectivity index (χ1n) is 4.83. The molecule has 6 nitrogen and oxygen atoms in total. The Bertz CT molecular complexity index is 265. The molecule has 2 amide bonds. The maximum absolute atomic E-state index is 11.8. The Morgan fingerprint density at radius 2 is 2.33 bits per heavy atom. The quantitative estimate of drug-likeness (QED) is 0.585. The molecule has 1 saturated heterocycles. The monoisotopic (exact) mass is 215 g/mol. The molecular formula is C9H17N3O3. The fourth-order valence-electron chi connectivity index (χ4n) is 1.55. The van der Waals surface area contributed by atoms with Crippen LogP contribution < -0.4 is 10.8 Å². The molecule has 0 saturated carbocycles. The average Bonchev–Trinajstić information content (AvgIpc) is 2.13. The topological polar surface area (TPSA) is 70.7 Å². The van der Waals surface area contributed by atoms with Crippen LogP contribution in [-0.4, -0.2) is 49.0 Å². The van der Waals surface area contributed by atoms with Crippen LogP contribution in [0.2, 0.25) is 0 Å². The number of carbonyl (C=O) groups excluding carboxylic acids is 2. The zero-order valence-electron chi connectivity index (χ0n) is 9.29. The van der Waals surface area contributed by atoms with Gasteiger partial charge < -0.3 is 10.2 Å². The number of hydroxylamine groups is 1. The zero-order valence-corrected chi connectivity index (χ0v) is 9.29. The third-order valence-corrected chi connectivity index (χ3v) is 2.32. The van der Waals surface area contributed by atoms with Crippen molar-refractivity contribution in [2.24, 2.45) is 0 Å². The molecule has 0 unspecified atom stereocenters. The van der Waals surface area contributed by atoms with Crippen molar-refractivity contribution in [3.05, 3.63) is 0 Å². The number of amides is 2. The Balaban J connectivity index is 2.55. The molecule has 0 aromatic carbocycles. The van der Waals surface area contributed by atoms with Crippen LogP contribution in [0.5, 0.6) is 0 Å². The molecule has 0 radical (unpaired) electrons. The molecule has 0 atom stereocenters. The van der Waals surface area contributed by atoms with E-state index >= 15 is 0 Å². The summed E-state index contributed by atoms with van der Waals surface area (Å²) >= 11 is 0. The molecule has 15 heavy (non-hydrogen) atoms. The second-order valence-electron chi connectivity index (χ2n) is 4.01. The van der Waals surface area contributed by atoms with E-state index in [1.54, 1.807) is 13.8 Å². The van der Waals surface area contributed by atoms with Crippen LogP contribution in [0.4, 0.5) is 0 Å². The highest BCUT2D eigenvalue weighted by Gasteiger charge is 2.35. The first-order valence-corrected chi connectivity index (χ1v) is 4.83. The Morgan fingerprint density at radius 3 is 2.93 bits per heavy atom. The molecule has 1 aliphatic rings. The van der Waals surface area contributed by atoms with E-state index in [1.165, 1.54) is 12.0 Å². The number of rotatable bonds is 3. The van der Waals surface area contributed by atoms with Crippen LogP contribution in [0, 0.1) is 0 Å². The molecular weight excluding hydrogens is 198 g/mol. The minimum atomic E-state index is -0.592. The molecule has 0 aromatic rings. The highest BCUT2D eigenvalue weighted by molar-refractivity contribution is 5.90. The Kier molecular flexibility index (Phi) is 3.65. The van der Waals surface area contributed by atoms with Gasteiger partial charge in [-0.2, -0.15) is 0 Å². The predicted molar refractivity (Wildman–Crippen MR) is 53.8 cm³/mol. The Morgan fingerprint density at radius 1 is 1.67 bits per heavy atom. The number of piperazine rings is 1. The van der Waals surface area contributed by atoms with Gasteiger partial charge in [0.2, 0.25) is 5.91 Å². The molecule has 2 N–H and O–H groups in total. The summed E-state index contributed by atoms with van der Waals surface area (Å²) in [6.45, 7) is 4.88. The summed E-state index contributed by atoms with van der Waals surface area (Å²) in [5.41, 5.74) is 1.60. The maximum atomic E-state index is 11.8. The summed E-state index contributed by atoms with van der Waals surface area (Å²) in [5.74, 6) is -0.386. The number of nitrogens with zero attached hydrogens (tertiary/aromatic N) is 1. The van der Waals surface area contributed by atoms with E-state index in [0.717, 1.165) is 0 Å². The van der Waals surface area contributed by atoms with Gasteiger partial charge in [0.25, 0.3) is 5.91 Å². The summed E-state index contributed by atoms with van der Waals surface area (Å²) in [5, 5.41) is 3.09. The molecule has 1 fully saturated rings. The van der Waals surface area contributed by atoms with E-state index < -0.39 is 5.54 Å². The molecule has 0 aliphatic carbocycles. The summed E-state index contributed by atoms with van der Waals surface area (Å²) < 4.78 is 0. The normalized spacial score (nSPS) is 20.2. The van der Waals surface area contributed by atoms with Crippen LogP contribution in [0.1, 0.15) is 13.8 Å². The van der Waals surface area contributed by atoms with Gasteiger partial charge in [0, 0.05) is 13.1 Å². The van der Waals surface area contributed by atoms with Crippen molar-refractivity contribution in [3.8, 4) is 0 Å². The summed E-state index contributed by atoms with van der Waals surface area (Å²) in [6.07, 6.45) is 0. The summed E-state index contributed by atoms with van der Waals surface area (Å²) in [7, 11) is 1.36. The van der Waals surface area contributed by atoms with Crippen LogP contribution in [0.3, 0.4) is 0 Å². The van der Waals surface area contributed by atoms with Crippen molar-refractivity contribution >= 4 is 11.8 Å².